The highest BCUT2D eigenvalue weighted by Crippen LogP contribution is 2.17. The number of thiocarbonyl (C=S) groups is 1. The summed E-state index contributed by atoms with van der Waals surface area (Å²) in [5.41, 5.74) is 3.00. The third kappa shape index (κ3) is 7.39. The second-order valence-corrected chi connectivity index (χ2v) is 9.21. The number of nitrogens with one attached hydrogen (secondary N) is 2. The summed E-state index contributed by atoms with van der Waals surface area (Å²) in [6.45, 7) is 2.15. The van der Waals surface area contributed by atoms with Crippen LogP contribution in [0.2, 0.25) is 0 Å². The Balaban J connectivity index is 1.27. The summed E-state index contributed by atoms with van der Waals surface area (Å²) in [5, 5.41) is 5.89. The lowest BCUT2D eigenvalue weighted by molar-refractivity contribution is 0.0761. The zero-order valence-electron chi connectivity index (χ0n) is 20.2. The highest BCUT2D eigenvalue weighted by Gasteiger charge is 2.17. The minimum Gasteiger partial charge on any atom is -0.493 e. The Kier molecular flexibility index (Phi) is 9.05. The standard InChI is InChI=1S/C29H31N3O3S/c33-27(24-11-8-12-26(21-24)35-20-17-22-9-4-3-5-10-22)31-29(36)30-25-15-13-23(14-16-25)28(34)32-18-6-1-2-7-19-32/h3-5,8-16,21H,1-2,6-7,17-20H2,(H2,30,31,33,36). The monoisotopic (exact) mass is 501 g/mol. The van der Waals surface area contributed by atoms with Crippen molar-refractivity contribution in [3.8, 4) is 5.75 Å². The molecule has 186 valence electrons. The molecule has 3 aromatic rings. The van der Waals surface area contributed by atoms with E-state index < -0.39 is 0 Å². The van der Waals surface area contributed by atoms with E-state index in [0.29, 0.717) is 29.2 Å². The van der Waals surface area contributed by atoms with Crippen LogP contribution in [0, 0.1) is 0 Å². The molecule has 6 nitrogen and oxygen atoms in total. The van der Waals surface area contributed by atoms with Gasteiger partial charge in [-0.05, 0) is 73.1 Å². The molecule has 0 saturated carbocycles. The van der Waals surface area contributed by atoms with Gasteiger partial charge in [-0.15, -0.1) is 0 Å². The molecule has 36 heavy (non-hydrogen) atoms. The number of rotatable bonds is 7. The van der Waals surface area contributed by atoms with Crippen LogP contribution in [-0.4, -0.2) is 41.5 Å². The smallest absolute Gasteiger partial charge is 0.257 e. The number of anilines is 1. The maximum atomic E-state index is 12.8. The second-order valence-electron chi connectivity index (χ2n) is 8.80. The van der Waals surface area contributed by atoms with Crippen molar-refractivity contribution in [2.45, 2.75) is 32.1 Å². The molecule has 3 aromatic carbocycles. The van der Waals surface area contributed by atoms with E-state index in [-0.39, 0.29) is 16.9 Å². The van der Waals surface area contributed by atoms with Gasteiger partial charge in [0.25, 0.3) is 11.8 Å². The number of nitrogens with zero attached hydrogens (tertiary/aromatic N) is 1. The Morgan fingerprint density at radius 3 is 2.28 bits per heavy atom. The zero-order chi connectivity index (χ0) is 25.2. The fraction of sp³-hybridized carbons (Fsp3) is 0.276. The van der Waals surface area contributed by atoms with E-state index in [0.717, 1.165) is 32.4 Å². The van der Waals surface area contributed by atoms with E-state index in [1.165, 1.54) is 18.4 Å². The van der Waals surface area contributed by atoms with Gasteiger partial charge in [-0.2, -0.15) is 0 Å². The number of ether oxygens (including phenoxy) is 1. The molecule has 2 amide bonds. The molecule has 1 heterocycles. The predicted octanol–water partition coefficient (Wildman–Crippen LogP) is 5.45. The Morgan fingerprint density at radius 1 is 0.833 bits per heavy atom. The lowest BCUT2D eigenvalue weighted by atomic mass is 10.1. The number of carbonyl (C=O) groups is 2. The molecule has 0 atom stereocenters. The van der Waals surface area contributed by atoms with Crippen molar-refractivity contribution in [3.63, 3.8) is 0 Å². The first kappa shape index (κ1) is 25.4. The summed E-state index contributed by atoms with van der Waals surface area (Å²) in [7, 11) is 0. The fourth-order valence-corrected chi connectivity index (χ4v) is 4.36. The van der Waals surface area contributed by atoms with Gasteiger partial charge in [-0.25, -0.2) is 0 Å². The topological polar surface area (TPSA) is 70.7 Å². The van der Waals surface area contributed by atoms with Crippen LogP contribution in [0.25, 0.3) is 0 Å². The zero-order valence-corrected chi connectivity index (χ0v) is 21.1. The molecule has 1 aliphatic rings. The second kappa shape index (κ2) is 12.8. The normalized spacial score (nSPS) is 13.4. The van der Waals surface area contributed by atoms with E-state index in [9.17, 15) is 9.59 Å². The summed E-state index contributed by atoms with van der Waals surface area (Å²) < 4.78 is 5.82. The molecule has 0 radical (unpaired) electrons. The van der Waals surface area contributed by atoms with Crippen LogP contribution in [0.1, 0.15) is 52.0 Å². The average Bonchev–Trinajstić information content (AvgIpc) is 3.19. The van der Waals surface area contributed by atoms with Gasteiger partial charge < -0.3 is 15.0 Å². The van der Waals surface area contributed by atoms with Crippen molar-refractivity contribution in [1.29, 1.82) is 0 Å². The molecule has 0 bridgehead atoms. The van der Waals surface area contributed by atoms with Crippen LogP contribution in [0.4, 0.5) is 5.69 Å². The van der Waals surface area contributed by atoms with E-state index in [2.05, 4.69) is 22.8 Å². The van der Waals surface area contributed by atoms with Crippen LogP contribution >= 0.6 is 12.2 Å². The Labute approximate surface area is 217 Å². The lowest BCUT2D eigenvalue weighted by Gasteiger charge is -2.20. The van der Waals surface area contributed by atoms with Gasteiger partial charge in [0, 0.05) is 36.3 Å². The summed E-state index contributed by atoms with van der Waals surface area (Å²) in [5.74, 6) is 0.362. The number of carbonyl (C=O) groups excluding carboxylic acids is 2. The summed E-state index contributed by atoms with van der Waals surface area (Å²) in [6.07, 6.45) is 5.26. The molecule has 7 heteroatoms. The van der Waals surface area contributed by atoms with Crippen molar-refractivity contribution in [2.75, 3.05) is 25.0 Å². The van der Waals surface area contributed by atoms with Gasteiger partial charge in [0.15, 0.2) is 5.11 Å². The Hall–Kier alpha value is -3.71. The van der Waals surface area contributed by atoms with E-state index in [1.807, 2.05) is 29.2 Å². The van der Waals surface area contributed by atoms with Crippen molar-refractivity contribution in [2.24, 2.45) is 0 Å². The summed E-state index contributed by atoms with van der Waals surface area (Å²) >= 11 is 5.32. The fourth-order valence-electron chi connectivity index (χ4n) is 4.15. The maximum absolute atomic E-state index is 12.8. The first-order valence-electron chi connectivity index (χ1n) is 12.4. The Bertz CT molecular complexity index is 1170. The lowest BCUT2D eigenvalue weighted by Crippen LogP contribution is -2.34. The van der Waals surface area contributed by atoms with Crippen molar-refractivity contribution in [3.05, 3.63) is 95.6 Å². The SMILES string of the molecule is O=C(NC(=S)Nc1ccc(C(=O)N2CCCCCC2)cc1)c1cccc(OCCc2ccccc2)c1. The van der Waals surface area contributed by atoms with Gasteiger partial charge >= 0.3 is 0 Å². The summed E-state index contributed by atoms with van der Waals surface area (Å²) in [6, 6.07) is 24.3. The number of amides is 2. The van der Waals surface area contributed by atoms with Crippen LogP contribution in [-0.2, 0) is 6.42 Å². The highest BCUT2D eigenvalue weighted by molar-refractivity contribution is 7.80. The van der Waals surface area contributed by atoms with Crippen molar-refractivity contribution >= 4 is 34.8 Å². The third-order valence-corrected chi connectivity index (χ3v) is 6.31. The van der Waals surface area contributed by atoms with Crippen LogP contribution in [0.15, 0.2) is 78.9 Å². The van der Waals surface area contributed by atoms with Gasteiger partial charge in [-0.1, -0.05) is 49.2 Å². The van der Waals surface area contributed by atoms with E-state index in [4.69, 9.17) is 17.0 Å². The van der Waals surface area contributed by atoms with Gasteiger partial charge in [0.1, 0.15) is 5.75 Å². The van der Waals surface area contributed by atoms with Crippen molar-refractivity contribution < 1.29 is 14.3 Å². The average molecular weight is 502 g/mol. The minimum atomic E-state index is -0.325. The number of likely N-dealkylation sites (tertiary alicyclic amines) is 1. The number of benzene rings is 3. The minimum absolute atomic E-state index is 0.0604. The highest BCUT2D eigenvalue weighted by atomic mass is 32.1. The van der Waals surface area contributed by atoms with Crippen LogP contribution in [0.3, 0.4) is 0 Å². The maximum Gasteiger partial charge on any atom is 0.257 e. The molecule has 0 aromatic heterocycles. The third-order valence-electron chi connectivity index (χ3n) is 6.11. The van der Waals surface area contributed by atoms with Crippen molar-refractivity contribution in [1.82, 2.24) is 10.2 Å². The first-order valence-corrected chi connectivity index (χ1v) is 12.8. The quantitative estimate of drug-likeness (QED) is 0.421. The molecule has 1 fully saturated rings. The van der Waals surface area contributed by atoms with Gasteiger partial charge in [0.2, 0.25) is 0 Å². The Morgan fingerprint density at radius 2 is 1.56 bits per heavy atom. The van der Waals surface area contributed by atoms with Crippen LogP contribution in [0.5, 0.6) is 5.75 Å². The van der Waals surface area contributed by atoms with Gasteiger partial charge in [0.05, 0.1) is 6.61 Å². The molecule has 4 rings (SSSR count). The van der Waals surface area contributed by atoms with Gasteiger partial charge in [-0.3, -0.25) is 14.9 Å². The molecular weight excluding hydrogens is 470 g/mol. The predicted molar refractivity (Wildman–Crippen MR) is 147 cm³/mol. The number of hydrogen-bond acceptors (Lipinski definition) is 4. The number of hydrogen-bond donors (Lipinski definition) is 2. The molecule has 1 aliphatic heterocycles. The van der Waals surface area contributed by atoms with E-state index in [1.54, 1.807) is 42.5 Å². The molecule has 0 aliphatic carbocycles. The molecule has 2 N–H and O–H groups in total. The van der Waals surface area contributed by atoms with E-state index >= 15 is 0 Å². The first-order chi connectivity index (χ1) is 17.6. The summed E-state index contributed by atoms with van der Waals surface area (Å²) in [4.78, 5) is 27.4. The molecular formula is C29H31N3O3S. The molecule has 0 unspecified atom stereocenters. The largest absolute Gasteiger partial charge is 0.493 e. The molecule has 1 saturated heterocycles. The molecule has 0 spiro atoms. The van der Waals surface area contributed by atoms with Crippen LogP contribution < -0.4 is 15.4 Å².